The monoisotopic (exact) mass is 614 g/mol. The second kappa shape index (κ2) is 14.3. The Hall–Kier alpha value is -5.11. The first-order valence-corrected chi connectivity index (χ1v) is 15.5. The normalized spacial score (nSPS) is 19.9. The van der Waals surface area contributed by atoms with Crippen LogP contribution in [0, 0.1) is 0 Å². The van der Waals surface area contributed by atoms with Crippen molar-refractivity contribution in [1.82, 2.24) is 9.80 Å². The number of nitrogens with zero attached hydrogens (tertiary/aromatic N) is 2. The van der Waals surface area contributed by atoms with Crippen LogP contribution in [-0.2, 0) is 26.1 Å². The van der Waals surface area contributed by atoms with Crippen LogP contribution in [0.3, 0.4) is 0 Å². The summed E-state index contributed by atoms with van der Waals surface area (Å²) in [5, 5.41) is 33.8. The number of hydrogen-bond acceptors (Lipinski definition) is 5. The summed E-state index contributed by atoms with van der Waals surface area (Å²) in [6.45, 7) is 0.920. The van der Waals surface area contributed by atoms with E-state index in [4.69, 9.17) is 4.74 Å². The Morgan fingerprint density at radius 3 is 1.65 bits per heavy atom. The Balaban J connectivity index is 1.34. The van der Waals surface area contributed by atoms with E-state index in [-0.39, 0.29) is 24.9 Å². The summed E-state index contributed by atoms with van der Waals surface area (Å²) in [5.41, 5.74) is 4.39. The van der Waals surface area contributed by atoms with Gasteiger partial charge in [-0.25, -0.2) is 4.79 Å². The van der Waals surface area contributed by atoms with Crippen molar-refractivity contribution in [3.8, 4) is 11.5 Å². The summed E-state index contributed by atoms with van der Waals surface area (Å²) in [6.07, 6.45) is -2.27. The van der Waals surface area contributed by atoms with Crippen molar-refractivity contribution in [1.29, 1.82) is 0 Å². The van der Waals surface area contributed by atoms with Crippen LogP contribution in [0.15, 0.2) is 140 Å². The van der Waals surface area contributed by atoms with Gasteiger partial charge in [-0.2, -0.15) is 0 Å². The molecule has 7 nitrogen and oxygen atoms in total. The van der Waals surface area contributed by atoms with Crippen molar-refractivity contribution in [3.63, 3.8) is 0 Å². The van der Waals surface area contributed by atoms with Gasteiger partial charge < -0.3 is 29.9 Å². The lowest BCUT2D eigenvalue weighted by Crippen LogP contribution is -2.50. The molecule has 1 aliphatic rings. The highest BCUT2D eigenvalue weighted by atomic mass is 16.5. The summed E-state index contributed by atoms with van der Waals surface area (Å²) in [5.74, 6) is 0.792. The molecule has 4 atom stereocenters. The number of benzene rings is 5. The third-order valence-corrected chi connectivity index (χ3v) is 8.54. The SMILES string of the molecule is O=C1N(Cc2ccccc2)C(c2ccc(O)cc2)[C@H](O)[C@@H](O)[C@@H](Cc2ccc(OCc3ccccc3)cc2)N1Cc1ccccc1. The Morgan fingerprint density at radius 1 is 0.565 bits per heavy atom. The zero-order valence-electron chi connectivity index (χ0n) is 25.5. The topological polar surface area (TPSA) is 93.5 Å². The molecule has 1 aliphatic heterocycles. The van der Waals surface area contributed by atoms with Crippen molar-refractivity contribution in [2.75, 3.05) is 0 Å². The molecule has 7 heteroatoms. The predicted octanol–water partition coefficient (Wildman–Crippen LogP) is 6.48. The first kappa shape index (κ1) is 30.9. The molecule has 1 unspecified atom stereocenters. The van der Waals surface area contributed by atoms with E-state index in [1.807, 2.05) is 115 Å². The molecule has 0 aromatic heterocycles. The van der Waals surface area contributed by atoms with Gasteiger partial charge in [-0.15, -0.1) is 0 Å². The molecular formula is C39H38N2O5. The van der Waals surface area contributed by atoms with E-state index in [9.17, 15) is 20.1 Å². The molecule has 5 aromatic carbocycles. The number of urea groups is 1. The lowest BCUT2D eigenvalue weighted by molar-refractivity contribution is -0.0418. The van der Waals surface area contributed by atoms with E-state index in [1.54, 1.807) is 21.9 Å². The van der Waals surface area contributed by atoms with Crippen LogP contribution in [0.4, 0.5) is 4.79 Å². The number of phenolic OH excluding ortho intramolecular Hbond substituents is 1. The molecular weight excluding hydrogens is 576 g/mol. The number of hydrogen-bond donors (Lipinski definition) is 3. The number of ether oxygens (including phenoxy) is 1. The maximum Gasteiger partial charge on any atom is 0.321 e. The molecule has 0 spiro atoms. The molecule has 1 fully saturated rings. The van der Waals surface area contributed by atoms with E-state index in [0.29, 0.717) is 24.3 Å². The smallest absolute Gasteiger partial charge is 0.321 e. The van der Waals surface area contributed by atoms with E-state index in [1.165, 1.54) is 12.1 Å². The quantitative estimate of drug-likeness (QED) is 0.167. The van der Waals surface area contributed by atoms with Crippen LogP contribution in [0.25, 0.3) is 0 Å². The number of carbonyl (C=O) groups is 1. The molecule has 6 rings (SSSR count). The van der Waals surface area contributed by atoms with Gasteiger partial charge in [0, 0.05) is 13.1 Å². The fourth-order valence-electron chi connectivity index (χ4n) is 6.10. The maximum atomic E-state index is 14.7. The van der Waals surface area contributed by atoms with Gasteiger partial charge in [-0.05, 0) is 58.5 Å². The zero-order valence-corrected chi connectivity index (χ0v) is 25.5. The molecule has 0 bridgehead atoms. The van der Waals surface area contributed by atoms with Crippen LogP contribution in [-0.4, -0.2) is 49.4 Å². The summed E-state index contributed by atoms with van der Waals surface area (Å²) in [7, 11) is 0. The Labute approximate surface area is 269 Å². The number of aromatic hydroxyl groups is 1. The van der Waals surface area contributed by atoms with Crippen LogP contribution < -0.4 is 4.74 Å². The predicted molar refractivity (Wildman–Crippen MR) is 177 cm³/mol. The number of aliphatic hydroxyl groups excluding tert-OH is 2. The zero-order chi connectivity index (χ0) is 31.9. The average molecular weight is 615 g/mol. The van der Waals surface area contributed by atoms with Crippen molar-refractivity contribution in [3.05, 3.63) is 167 Å². The summed E-state index contributed by atoms with van der Waals surface area (Å²) in [6, 6.07) is 41.5. The van der Waals surface area contributed by atoms with Gasteiger partial charge in [-0.1, -0.05) is 115 Å². The van der Waals surface area contributed by atoms with Crippen LogP contribution >= 0.6 is 0 Å². The van der Waals surface area contributed by atoms with Crippen molar-refractivity contribution in [2.24, 2.45) is 0 Å². The third kappa shape index (κ3) is 7.23. The van der Waals surface area contributed by atoms with Gasteiger partial charge in [0.1, 0.15) is 30.3 Å². The van der Waals surface area contributed by atoms with Gasteiger partial charge in [0.15, 0.2) is 0 Å². The van der Waals surface area contributed by atoms with Crippen LogP contribution in [0.5, 0.6) is 11.5 Å². The van der Waals surface area contributed by atoms with Gasteiger partial charge in [0.2, 0.25) is 0 Å². The van der Waals surface area contributed by atoms with Gasteiger partial charge in [0.05, 0.1) is 12.1 Å². The van der Waals surface area contributed by atoms with Gasteiger partial charge in [0.25, 0.3) is 0 Å². The first-order chi connectivity index (χ1) is 22.5. The van der Waals surface area contributed by atoms with Gasteiger partial charge in [-0.3, -0.25) is 0 Å². The molecule has 0 radical (unpaired) electrons. The summed E-state index contributed by atoms with van der Waals surface area (Å²) in [4.78, 5) is 18.1. The van der Waals surface area contributed by atoms with Crippen LogP contribution in [0.1, 0.15) is 33.9 Å². The molecule has 46 heavy (non-hydrogen) atoms. The fourth-order valence-corrected chi connectivity index (χ4v) is 6.10. The van der Waals surface area contributed by atoms with E-state index >= 15 is 0 Å². The molecule has 2 amide bonds. The highest BCUT2D eigenvalue weighted by Gasteiger charge is 2.47. The number of aliphatic hydroxyl groups is 2. The Bertz CT molecular complexity index is 1680. The Morgan fingerprint density at radius 2 is 1.09 bits per heavy atom. The molecule has 1 heterocycles. The van der Waals surface area contributed by atoms with Crippen molar-refractivity contribution in [2.45, 2.75) is 50.4 Å². The highest BCUT2D eigenvalue weighted by Crippen LogP contribution is 2.36. The van der Waals surface area contributed by atoms with Crippen LogP contribution in [0.2, 0.25) is 0 Å². The number of amides is 2. The average Bonchev–Trinajstić information content (AvgIpc) is 3.16. The Kier molecular flexibility index (Phi) is 9.62. The van der Waals surface area contributed by atoms with E-state index < -0.39 is 24.3 Å². The minimum atomic E-state index is -1.31. The fraction of sp³-hybridized carbons (Fsp3) is 0.205. The molecule has 234 valence electrons. The lowest BCUT2D eigenvalue weighted by Gasteiger charge is -2.36. The standard InChI is InChI=1S/C39H38N2O5/c42-33-20-18-32(19-21-33)36-38(44)37(43)35(24-28-16-22-34(23-17-28)46-27-31-14-8-3-9-15-31)40(25-29-10-4-1-5-11-29)39(45)41(36)26-30-12-6-2-7-13-30/h1-23,35-38,42-44H,24-27H2/t35-,36?,37+,38+/m1/s1. The largest absolute Gasteiger partial charge is 0.508 e. The second-order valence-corrected chi connectivity index (χ2v) is 11.7. The molecule has 1 saturated heterocycles. The van der Waals surface area contributed by atoms with Crippen molar-refractivity contribution >= 4 is 6.03 Å². The first-order valence-electron chi connectivity index (χ1n) is 15.5. The maximum absolute atomic E-state index is 14.7. The highest BCUT2D eigenvalue weighted by molar-refractivity contribution is 5.76. The van der Waals surface area contributed by atoms with Crippen molar-refractivity contribution < 1.29 is 24.9 Å². The number of phenols is 1. The second-order valence-electron chi connectivity index (χ2n) is 11.7. The number of carbonyl (C=O) groups excluding carboxylic acids is 1. The minimum absolute atomic E-state index is 0.0770. The molecule has 0 aliphatic carbocycles. The number of rotatable bonds is 10. The lowest BCUT2D eigenvalue weighted by atomic mass is 9.90. The molecule has 3 N–H and O–H groups in total. The molecule has 0 saturated carbocycles. The summed E-state index contributed by atoms with van der Waals surface area (Å²) >= 11 is 0. The van der Waals surface area contributed by atoms with Gasteiger partial charge >= 0.3 is 6.03 Å². The summed E-state index contributed by atoms with van der Waals surface area (Å²) < 4.78 is 5.98. The minimum Gasteiger partial charge on any atom is -0.508 e. The van der Waals surface area contributed by atoms with E-state index in [2.05, 4.69) is 0 Å². The van der Waals surface area contributed by atoms with E-state index in [0.717, 1.165) is 22.3 Å². The third-order valence-electron chi connectivity index (χ3n) is 8.54. The molecule has 5 aromatic rings.